The molecule has 0 amide bonds. The molecule has 0 aromatic heterocycles. The van der Waals surface area contributed by atoms with Gasteiger partial charge in [0, 0.05) is 0 Å². The molecule has 2 aliphatic rings. The molecule has 0 nitrogen and oxygen atoms in total. The van der Waals surface area contributed by atoms with Gasteiger partial charge in [-0.05, 0) is 36.8 Å². The molecule has 0 atom stereocenters. The molecule has 2 rings (SSSR count). The Morgan fingerprint density at radius 2 is 1.86 bits per heavy atom. The summed E-state index contributed by atoms with van der Waals surface area (Å²) < 4.78 is 0. The van der Waals surface area contributed by atoms with Gasteiger partial charge in [-0.15, -0.1) is 0 Å². The van der Waals surface area contributed by atoms with E-state index in [1.807, 2.05) is 0 Å². The first kappa shape index (κ1) is 9.26. The normalized spacial score (nSPS) is 21.1. The Morgan fingerprint density at radius 1 is 0.857 bits per heavy atom. The predicted molar refractivity (Wildman–Crippen MR) is 62.1 cm³/mol. The lowest BCUT2D eigenvalue weighted by Crippen LogP contribution is -1.88. The quantitative estimate of drug-likeness (QED) is 0.538. The Balaban J connectivity index is 2.14. The monoisotopic (exact) mass is 184 g/mol. The fourth-order valence-electron chi connectivity index (χ4n) is 1.87. The van der Waals surface area contributed by atoms with Crippen LogP contribution in [0.2, 0.25) is 0 Å². The second kappa shape index (κ2) is 4.80. The van der Waals surface area contributed by atoms with Gasteiger partial charge in [0.15, 0.2) is 0 Å². The van der Waals surface area contributed by atoms with Crippen LogP contribution in [0.5, 0.6) is 0 Å². The molecule has 0 N–H and O–H groups in total. The summed E-state index contributed by atoms with van der Waals surface area (Å²) in [6.07, 6.45) is 22.3. The van der Waals surface area contributed by atoms with Gasteiger partial charge in [0.05, 0.1) is 0 Å². The fourth-order valence-corrected chi connectivity index (χ4v) is 1.87. The highest BCUT2D eigenvalue weighted by Gasteiger charge is 2.04. The van der Waals surface area contributed by atoms with Crippen LogP contribution in [0.4, 0.5) is 0 Å². The molecule has 2 aliphatic carbocycles. The van der Waals surface area contributed by atoms with E-state index in [2.05, 4.69) is 48.6 Å². The predicted octanol–water partition coefficient (Wildman–Crippen LogP) is 4.10. The highest BCUT2D eigenvalue weighted by molar-refractivity contribution is 5.38. The lowest BCUT2D eigenvalue weighted by atomic mass is 9.98. The highest BCUT2D eigenvalue weighted by atomic mass is 14.1. The zero-order valence-electron chi connectivity index (χ0n) is 8.45. The molecule has 0 aliphatic heterocycles. The summed E-state index contributed by atoms with van der Waals surface area (Å²) >= 11 is 0. The van der Waals surface area contributed by atoms with E-state index in [9.17, 15) is 0 Å². The molecule has 0 saturated heterocycles. The van der Waals surface area contributed by atoms with Crippen molar-refractivity contribution in [3.05, 3.63) is 59.8 Å². The van der Waals surface area contributed by atoms with E-state index in [0.29, 0.717) is 0 Å². The van der Waals surface area contributed by atoms with Crippen LogP contribution in [0.15, 0.2) is 59.8 Å². The lowest BCUT2D eigenvalue weighted by molar-refractivity contribution is 0.975. The standard InChI is InChI=1S/C14H16/c1-2-6-10-13(9-5-1)14-11-7-3-4-8-12-14/h1-6,9,11H,7-8,10,12H2. The zero-order chi connectivity index (χ0) is 9.64. The zero-order valence-corrected chi connectivity index (χ0v) is 8.45. The fraction of sp³-hybridized carbons (Fsp3) is 0.286. The molecule has 0 unspecified atom stereocenters. The van der Waals surface area contributed by atoms with Crippen molar-refractivity contribution in [2.45, 2.75) is 25.7 Å². The Hall–Kier alpha value is -1.30. The highest BCUT2D eigenvalue weighted by Crippen LogP contribution is 2.24. The van der Waals surface area contributed by atoms with Gasteiger partial charge in [-0.1, -0.05) is 48.6 Å². The molecule has 0 aromatic carbocycles. The SMILES string of the molecule is C1=CC=C(C2=CCC=CCC2)CC=C1. The second-order valence-electron chi connectivity index (χ2n) is 3.68. The minimum atomic E-state index is 1.08. The molecule has 0 heterocycles. The van der Waals surface area contributed by atoms with Crippen molar-refractivity contribution in [1.29, 1.82) is 0 Å². The van der Waals surface area contributed by atoms with Gasteiger partial charge >= 0.3 is 0 Å². The van der Waals surface area contributed by atoms with Gasteiger partial charge < -0.3 is 0 Å². The van der Waals surface area contributed by atoms with Crippen molar-refractivity contribution in [2.75, 3.05) is 0 Å². The molecule has 0 bridgehead atoms. The molecule has 0 heteroatoms. The lowest BCUT2D eigenvalue weighted by Gasteiger charge is -2.07. The van der Waals surface area contributed by atoms with Crippen LogP contribution in [0, 0.1) is 0 Å². The Kier molecular flexibility index (Phi) is 3.18. The Bertz CT molecular complexity index is 335. The average Bonchev–Trinajstić information content (AvgIpc) is 2.62. The molecule has 0 spiro atoms. The number of hydrogen-bond donors (Lipinski definition) is 0. The van der Waals surface area contributed by atoms with Gasteiger partial charge in [-0.3, -0.25) is 0 Å². The van der Waals surface area contributed by atoms with Crippen molar-refractivity contribution in [3.8, 4) is 0 Å². The van der Waals surface area contributed by atoms with Crippen molar-refractivity contribution in [2.24, 2.45) is 0 Å². The molecule has 14 heavy (non-hydrogen) atoms. The van der Waals surface area contributed by atoms with Crippen LogP contribution in [0.3, 0.4) is 0 Å². The Labute approximate surface area is 86.0 Å². The molecular weight excluding hydrogens is 168 g/mol. The summed E-state index contributed by atoms with van der Waals surface area (Å²) in [5.74, 6) is 0. The third-order valence-electron chi connectivity index (χ3n) is 2.65. The molecule has 0 radical (unpaired) electrons. The maximum atomic E-state index is 2.36. The first-order chi connectivity index (χ1) is 6.97. The maximum absolute atomic E-state index is 2.36. The smallest absolute Gasteiger partial charge is 0.00917 e. The van der Waals surface area contributed by atoms with Crippen molar-refractivity contribution >= 4 is 0 Å². The van der Waals surface area contributed by atoms with Crippen LogP contribution in [0.1, 0.15) is 25.7 Å². The van der Waals surface area contributed by atoms with E-state index in [0.717, 1.165) is 12.8 Å². The van der Waals surface area contributed by atoms with Crippen LogP contribution in [0.25, 0.3) is 0 Å². The van der Waals surface area contributed by atoms with Crippen LogP contribution in [-0.4, -0.2) is 0 Å². The molecule has 72 valence electrons. The van der Waals surface area contributed by atoms with E-state index in [1.54, 1.807) is 0 Å². The minimum absolute atomic E-state index is 1.08. The van der Waals surface area contributed by atoms with E-state index in [4.69, 9.17) is 0 Å². The van der Waals surface area contributed by atoms with Crippen LogP contribution < -0.4 is 0 Å². The topological polar surface area (TPSA) is 0 Å². The summed E-state index contributed by atoms with van der Waals surface area (Å²) in [4.78, 5) is 0. The summed E-state index contributed by atoms with van der Waals surface area (Å²) in [5, 5.41) is 0. The average molecular weight is 184 g/mol. The maximum Gasteiger partial charge on any atom is -0.00917 e. The second-order valence-corrected chi connectivity index (χ2v) is 3.68. The van der Waals surface area contributed by atoms with Gasteiger partial charge in [0.2, 0.25) is 0 Å². The molecule has 0 saturated carbocycles. The number of allylic oxidation sites excluding steroid dienone is 10. The molecular formula is C14H16. The van der Waals surface area contributed by atoms with Gasteiger partial charge in [0.1, 0.15) is 0 Å². The summed E-state index contributed by atoms with van der Waals surface area (Å²) in [7, 11) is 0. The minimum Gasteiger partial charge on any atom is -0.0879 e. The summed E-state index contributed by atoms with van der Waals surface area (Å²) in [6, 6.07) is 0. The summed E-state index contributed by atoms with van der Waals surface area (Å²) in [6.45, 7) is 0. The van der Waals surface area contributed by atoms with Gasteiger partial charge in [0.25, 0.3) is 0 Å². The van der Waals surface area contributed by atoms with Crippen LogP contribution >= 0.6 is 0 Å². The van der Waals surface area contributed by atoms with E-state index in [-0.39, 0.29) is 0 Å². The van der Waals surface area contributed by atoms with Crippen molar-refractivity contribution < 1.29 is 0 Å². The Morgan fingerprint density at radius 3 is 2.86 bits per heavy atom. The first-order valence-electron chi connectivity index (χ1n) is 5.33. The van der Waals surface area contributed by atoms with Gasteiger partial charge in [-0.25, -0.2) is 0 Å². The van der Waals surface area contributed by atoms with E-state index < -0.39 is 0 Å². The number of rotatable bonds is 1. The third kappa shape index (κ3) is 2.35. The van der Waals surface area contributed by atoms with Crippen molar-refractivity contribution in [1.82, 2.24) is 0 Å². The molecule has 0 aromatic rings. The number of hydrogen-bond acceptors (Lipinski definition) is 0. The van der Waals surface area contributed by atoms with E-state index >= 15 is 0 Å². The van der Waals surface area contributed by atoms with Gasteiger partial charge in [-0.2, -0.15) is 0 Å². The van der Waals surface area contributed by atoms with Crippen LogP contribution in [-0.2, 0) is 0 Å². The van der Waals surface area contributed by atoms with Crippen molar-refractivity contribution in [3.63, 3.8) is 0 Å². The largest absolute Gasteiger partial charge is 0.0879 e. The molecule has 0 fully saturated rings. The van der Waals surface area contributed by atoms with E-state index in [1.165, 1.54) is 24.0 Å². The summed E-state index contributed by atoms with van der Waals surface area (Å²) in [5.41, 5.74) is 3.02. The first-order valence-corrected chi connectivity index (χ1v) is 5.33. The third-order valence-corrected chi connectivity index (χ3v) is 2.65.